The van der Waals surface area contributed by atoms with Gasteiger partial charge in [0.25, 0.3) is 0 Å². The smallest absolute Gasteiger partial charge is 0.00696 e. The van der Waals surface area contributed by atoms with Crippen molar-refractivity contribution in [3.8, 4) is 0 Å². The van der Waals surface area contributed by atoms with Crippen molar-refractivity contribution in [2.75, 3.05) is 6.54 Å². The SMILES string of the molecule is CCNC(C)C1[CH]CCCCCCCCCC1. The second kappa shape index (κ2) is 9.94. The molecule has 0 aliphatic heterocycles. The van der Waals surface area contributed by atoms with E-state index < -0.39 is 0 Å². The van der Waals surface area contributed by atoms with Gasteiger partial charge < -0.3 is 5.32 Å². The van der Waals surface area contributed by atoms with Crippen LogP contribution in [0.15, 0.2) is 0 Å². The van der Waals surface area contributed by atoms with E-state index in [1.807, 2.05) is 0 Å². The highest BCUT2D eigenvalue weighted by Crippen LogP contribution is 2.22. The van der Waals surface area contributed by atoms with Crippen molar-refractivity contribution < 1.29 is 0 Å². The molecule has 1 rings (SSSR count). The van der Waals surface area contributed by atoms with Crippen LogP contribution in [0.25, 0.3) is 0 Å². The van der Waals surface area contributed by atoms with E-state index in [1.54, 1.807) is 0 Å². The van der Waals surface area contributed by atoms with Crippen LogP contribution in [0.1, 0.15) is 78.1 Å². The second-order valence-corrected chi connectivity index (χ2v) is 5.65. The molecule has 1 fully saturated rings. The Morgan fingerprint density at radius 2 is 1.59 bits per heavy atom. The third kappa shape index (κ3) is 7.08. The Labute approximate surface area is 109 Å². The van der Waals surface area contributed by atoms with E-state index in [4.69, 9.17) is 0 Å². The van der Waals surface area contributed by atoms with E-state index in [0.29, 0.717) is 6.04 Å². The summed E-state index contributed by atoms with van der Waals surface area (Å²) in [5.74, 6) is 0.800. The summed E-state index contributed by atoms with van der Waals surface area (Å²) in [4.78, 5) is 0. The molecule has 0 spiro atoms. The summed E-state index contributed by atoms with van der Waals surface area (Å²) in [5, 5.41) is 3.60. The third-order valence-corrected chi connectivity index (χ3v) is 4.13. The molecule has 1 aliphatic rings. The quantitative estimate of drug-likeness (QED) is 0.750. The van der Waals surface area contributed by atoms with E-state index in [9.17, 15) is 0 Å². The van der Waals surface area contributed by atoms with Crippen molar-refractivity contribution in [3.05, 3.63) is 6.42 Å². The molecule has 0 aromatic rings. The normalized spacial score (nSPS) is 23.6. The summed E-state index contributed by atoms with van der Waals surface area (Å²) in [6.07, 6.45) is 16.9. The zero-order valence-corrected chi connectivity index (χ0v) is 12.0. The fourth-order valence-electron chi connectivity index (χ4n) is 2.96. The molecule has 2 atom stereocenters. The third-order valence-electron chi connectivity index (χ3n) is 4.13. The van der Waals surface area contributed by atoms with Crippen LogP contribution in [0, 0.1) is 12.3 Å². The minimum Gasteiger partial charge on any atom is -0.314 e. The molecule has 1 radical (unpaired) electrons. The zero-order chi connectivity index (χ0) is 12.3. The van der Waals surface area contributed by atoms with E-state index in [1.165, 1.54) is 64.2 Å². The van der Waals surface area contributed by atoms with Gasteiger partial charge in [0.2, 0.25) is 0 Å². The summed E-state index contributed by atoms with van der Waals surface area (Å²) < 4.78 is 0. The summed E-state index contributed by atoms with van der Waals surface area (Å²) in [7, 11) is 0. The van der Waals surface area contributed by atoms with Gasteiger partial charge in [-0.25, -0.2) is 0 Å². The Kier molecular flexibility index (Phi) is 8.78. The van der Waals surface area contributed by atoms with Crippen molar-refractivity contribution in [2.24, 2.45) is 5.92 Å². The zero-order valence-electron chi connectivity index (χ0n) is 12.0. The molecule has 101 valence electrons. The standard InChI is InChI=1S/C16H32N/c1-3-17-15(2)16-13-11-9-7-5-4-6-8-10-12-14-16/h13,15-17H,3-12,14H2,1-2H3. The van der Waals surface area contributed by atoms with Crippen LogP contribution in [0.5, 0.6) is 0 Å². The van der Waals surface area contributed by atoms with Crippen molar-refractivity contribution in [1.82, 2.24) is 5.32 Å². The molecule has 0 saturated heterocycles. The molecule has 0 heterocycles. The molecule has 1 heteroatoms. The maximum atomic E-state index is 3.60. The van der Waals surface area contributed by atoms with Crippen LogP contribution in [0.4, 0.5) is 0 Å². The highest BCUT2D eigenvalue weighted by atomic mass is 14.9. The minimum atomic E-state index is 0.669. The predicted octanol–water partition coefficient (Wildman–Crippen LogP) is 4.72. The molecule has 1 saturated carbocycles. The molecule has 1 aliphatic carbocycles. The first-order valence-corrected chi connectivity index (χ1v) is 7.91. The summed E-state index contributed by atoms with van der Waals surface area (Å²) in [6, 6.07) is 0.669. The fourth-order valence-corrected chi connectivity index (χ4v) is 2.96. The lowest BCUT2D eigenvalue weighted by atomic mass is 9.88. The lowest BCUT2D eigenvalue weighted by Gasteiger charge is -2.25. The van der Waals surface area contributed by atoms with Crippen molar-refractivity contribution in [2.45, 2.75) is 84.1 Å². The van der Waals surface area contributed by atoms with Crippen molar-refractivity contribution in [3.63, 3.8) is 0 Å². The molecule has 0 amide bonds. The van der Waals surface area contributed by atoms with Crippen LogP contribution in [0.3, 0.4) is 0 Å². The largest absolute Gasteiger partial charge is 0.314 e. The van der Waals surface area contributed by atoms with Crippen LogP contribution < -0.4 is 5.32 Å². The predicted molar refractivity (Wildman–Crippen MR) is 77.1 cm³/mol. The first-order valence-electron chi connectivity index (χ1n) is 7.91. The molecule has 2 unspecified atom stereocenters. The Balaban J connectivity index is 2.31. The van der Waals surface area contributed by atoms with Gasteiger partial charge in [0, 0.05) is 6.04 Å². The fraction of sp³-hybridized carbons (Fsp3) is 0.938. The first-order chi connectivity index (χ1) is 8.34. The van der Waals surface area contributed by atoms with Crippen LogP contribution in [-0.2, 0) is 0 Å². The lowest BCUT2D eigenvalue weighted by molar-refractivity contribution is 0.370. The average Bonchev–Trinajstić information content (AvgIpc) is 2.30. The van der Waals surface area contributed by atoms with Gasteiger partial charge in [0.1, 0.15) is 0 Å². The van der Waals surface area contributed by atoms with Gasteiger partial charge in [-0.3, -0.25) is 0 Å². The summed E-state index contributed by atoms with van der Waals surface area (Å²) in [6.45, 7) is 5.67. The topological polar surface area (TPSA) is 12.0 Å². The maximum Gasteiger partial charge on any atom is 0.00696 e. The van der Waals surface area contributed by atoms with Gasteiger partial charge in [-0.2, -0.15) is 0 Å². The van der Waals surface area contributed by atoms with Gasteiger partial charge in [0.05, 0.1) is 0 Å². The summed E-state index contributed by atoms with van der Waals surface area (Å²) in [5.41, 5.74) is 0. The first kappa shape index (κ1) is 15.0. The maximum absolute atomic E-state index is 3.60. The Hall–Kier alpha value is -0.0400. The van der Waals surface area contributed by atoms with Crippen LogP contribution in [0.2, 0.25) is 0 Å². The van der Waals surface area contributed by atoms with Gasteiger partial charge in [-0.05, 0) is 38.6 Å². The Morgan fingerprint density at radius 1 is 1.00 bits per heavy atom. The average molecular weight is 238 g/mol. The molecule has 0 bridgehead atoms. The highest BCUT2D eigenvalue weighted by Gasteiger charge is 2.16. The number of hydrogen-bond acceptors (Lipinski definition) is 1. The monoisotopic (exact) mass is 238 g/mol. The number of hydrogen-bond donors (Lipinski definition) is 1. The molecule has 0 aromatic carbocycles. The van der Waals surface area contributed by atoms with Crippen LogP contribution in [-0.4, -0.2) is 12.6 Å². The number of rotatable bonds is 3. The van der Waals surface area contributed by atoms with Crippen molar-refractivity contribution in [1.29, 1.82) is 0 Å². The van der Waals surface area contributed by atoms with Crippen molar-refractivity contribution >= 4 is 0 Å². The molecule has 17 heavy (non-hydrogen) atoms. The molecular weight excluding hydrogens is 206 g/mol. The van der Waals surface area contributed by atoms with Gasteiger partial charge in [-0.1, -0.05) is 58.3 Å². The van der Waals surface area contributed by atoms with E-state index in [2.05, 4.69) is 25.6 Å². The van der Waals surface area contributed by atoms with Crippen LogP contribution >= 0.6 is 0 Å². The lowest BCUT2D eigenvalue weighted by Crippen LogP contribution is -2.33. The summed E-state index contributed by atoms with van der Waals surface area (Å²) >= 11 is 0. The van der Waals surface area contributed by atoms with E-state index >= 15 is 0 Å². The molecule has 0 aromatic heterocycles. The molecule has 1 nitrogen and oxygen atoms in total. The Bertz CT molecular complexity index is 155. The molecular formula is C16H32N. The minimum absolute atomic E-state index is 0.669. The molecule has 1 N–H and O–H groups in total. The van der Waals surface area contributed by atoms with Gasteiger partial charge in [-0.15, -0.1) is 0 Å². The van der Waals surface area contributed by atoms with E-state index in [-0.39, 0.29) is 0 Å². The second-order valence-electron chi connectivity index (χ2n) is 5.65. The Morgan fingerprint density at radius 3 is 2.24 bits per heavy atom. The highest BCUT2D eigenvalue weighted by molar-refractivity contribution is 4.84. The number of nitrogens with one attached hydrogen (secondary N) is 1. The van der Waals surface area contributed by atoms with Gasteiger partial charge in [0.15, 0.2) is 0 Å². The van der Waals surface area contributed by atoms with Gasteiger partial charge >= 0.3 is 0 Å². The van der Waals surface area contributed by atoms with E-state index in [0.717, 1.165) is 12.5 Å².